The summed E-state index contributed by atoms with van der Waals surface area (Å²) in [5.41, 5.74) is 0.0685. The summed E-state index contributed by atoms with van der Waals surface area (Å²) in [6, 6.07) is 0.507. The number of aliphatic hydroxyl groups excluding tert-OH is 1. The molecular formula is C10H23NO. The number of nitrogens with one attached hydrogen (secondary N) is 1. The van der Waals surface area contributed by atoms with Crippen molar-refractivity contribution in [1.29, 1.82) is 0 Å². The quantitative estimate of drug-likeness (QED) is 0.642. The van der Waals surface area contributed by atoms with Gasteiger partial charge in [0.2, 0.25) is 0 Å². The van der Waals surface area contributed by atoms with E-state index < -0.39 is 0 Å². The van der Waals surface area contributed by atoms with Gasteiger partial charge in [-0.15, -0.1) is 0 Å². The molecule has 0 aliphatic heterocycles. The van der Waals surface area contributed by atoms with Crippen molar-refractivity contribution >= 4 is 0 Å². The van der Waals surface area contributed by atoms with Gasteiger partial charge < -0.3 is 10.4 Å². The van der Waals surface area contributed by atoms with Gasteiger partial charge in [-0.2, -0.15) is 0 Å². The lowest BCUT2D eigenvalue weighted by Crippen LogP contribution is -2.38. The van der Waals surface area contributed by atoms with Crippen LogP contribution in [0, 0.1) is 5.41 Å². The Morgan fingerprint density at radius 2 is 2.00 bits per heavy atom. The van der Waals surface area contributed by atoms with Crippen LogP contribution < -0.4 is 5.32 Å². The Kier molecular flexibility index (Phi) is 5.51. The van der Waals surface area contributed by atoms with E-state index >= 15 is 0 Å². The first kappa shape index (κ1) is 11.9. The Bertz CT molecular complexity index is 114. The highest BCUT2D eigenvalue weighted by atomic mass is 16.3. The maximum absolute atomic E-state index is 9.19. The van der Waals surface area contributed by atoms with Crippen molar-refractivity contribution < 1.29 is 5.11 Å². The van der Waals surface area contributed by atoms with Crippen LogP contribution in [-0.2, 0) is 0 Å². The average molecular weight is 173 g/mol. The molecule has 74 valence electrons. The second-order valence-electron chi connectivity index (χ2n) is 4.25. The molecule has 0 saturated carbocycles. The number of hydrogen-bond donors (Lipinski definition) is 2. The van der Waals surface area contributed by atoms with Gasteiger partial charge in [0.1, 0.15) is 0 Å². The molecule has 0 radical (unpaired) electrons. The van der Waals surface area contributed by atoms with Gasteiger partial charge in [0.15, 0.2) is 0 Å². The molecule has 0 aromatic heterocycles. The zero-order valence-electron chi connectivity index (χ0n) is 8.85. The zero-order valence-corrected chi connectivity index (χ0v) is 8.85. The Morgan fingerprint density at radius 1 is 1.42 bits per heavy atom. The molecule has 12 heavy (non-hydrogen) atoms. The monoisotopic (exact) mass is 173 g/mol. The molecular weight excluding hydrogens is 150 g/mol. The molecule has 0 amide bonds. The van der Waals surface area contributed by atoms with Gasteiger partial charge in [-0.25, -0.2) is 0 Å². The molecule has 0 heterocycles. The SMILES string of the molecule is CCCC(C)(CO)CNC(C)C. The Labute approximate surface area is 76.4 Å². The van der Waals surface area contributed by atoms with Gasteiger partial charge in [0.25, 0.3) is 0 Å². The highest BCUT2D eigenvalue weighted by Gasteiger charge is 2.21. The lowest BCUT2D eigenvalue weighted by molar-refractivity contribution is 0.127. The van der Waals surface area contributed by atoms with E-state index in [2.05, 4.69) is 33.0 Å². The molecule has 0 aliphatic rings. The van der Waals surface area contributed by atoms with Gasteiger partial charge in [0, 0.05) is 24.6 Å². The Hall–Kier alpha value is -0.0800. The maximum atomic E-state index is 9.19. The summed E-state index contributed by atoms with van der Waals surface area (Å²) >= 11 is 0. The topological polar surface area (TPSA) is 32.3 Å². The Morgan fingerprint density at radius 3 is 2.33 bits per heavy atom. The summed E-state index contributed by atoms with van der Waals surface area (Å²) in [5.74, 6) is 0. The number of rotatable bonds is 6. The van der Waals surface area contributed by atoms with Crippen molar-refractivity contribution in [1.82, 2.24) is 5.32 Å². The summed E-state index contributed by atoms with van der Waals surface area (Å²) in [4.78, 5) is 0. The van der Waals surface area contributed by atoms with Crippen LogP contribution in [0.15, 0.2) is 0 Å². The highest BCUT2D eigenvalue weighted by Crippen LogP contribution is 2.21. The van der Waals surface area contributed by atoms with Crippen molar-refractivity contribution in [3.63, 3.8) is 0 Å². The second kappa shape index (κ2) is 5.55. The standard InChI is InChI=1S/C10H23NO/c1-5-6-10(4,8-12)7-11-9(2)3/h9,11-12H,5-8H2,1-4H3. The predicted octanol–water partition coefficient (Wildman–Crippen LogP) is 1.78. The minimum absolute atomic E-state index is 0.0685. The van der Waals surface area contributed by atoms with E-state index in [0.717, 1.165) is 19.4 Å². The lowest BCUT2D eigenvalue weighted by Gasteiger charge is -2.28. The molecule has 0 aromatic rings. The van der Waals surface area contributed by atoms with E-state index in [-0.39, 0.29) is 12.0 Å². The molecule has 0 aromatic carbocycles. The molecule has 0 fully saturated rings. The second-order valence-corrected chi connectivity index (χ2v) is 4.25. The normalized spacial score (nSPS) is 16.5. The maximum Gasteiger partial charge on any atom is 0.0496 e. The average Bonchev–Trinajstić information content (AvgIpc) is 2.02. The van der Waals surface area contributed by atoms with Crippen molar-refractivity contribution in [2.45, 2.75) is 46.6 Å². The minimum Gasteiger partial charge on any atom is -0.396 e. The van der Waals surface area contributed by atoms with Crippen LogP contribution in [0.5, 0.6) is 0 Å². The van der Waals surface area contributed by atoms with Crippen LogP contribution in [0.4, 0.5) is 0 Å². The van der Waals surface area contributed by atoms with E-state index in [0.29, 0.717) is 6.04 Å². The smallest absolute Gasteiger partial charge is 0.0496 e. The van der Waals surface area contributed by atoms with Crippen molar-refractivity contribution in [2.75, 3.05) is 13.2 Å². The fourth-order valence-electron chi connectivity index (χ4n) is 1.28. The van der Waals surface area contributed by atoms with E-state index in [1.54, 1.807) is 0 Å². The molecule has 0 spiro atoms. The van der Waals surface area contributed by atoms with Crippen LogP contribution in [0.2, 0.25) is 0 Å². The van der Waals surface area contributed by atoms with E-state index in [9.17, 15) is 5.11 Å². The van der Waals surface area contributed by atoms with Crippen LogP contribution in [0.1, 0.15) is 40.5 Å². The lowest BCUT2D eigenvalue weighted by atomic mass is 9.86. The van der Waals surface area contributed by atoms with Crippen LogP contribution in [-0.4, -0.2) is 24.3 Å². The van der Waals surface area contributed by atoms with Crippen LogP contribution in [0.3, 0.4) is 0 Å². The third-order valence-electron chi connectivity index (χ3n) is 2.17. The van der Waals surface area contributed by atoms with Crippen molar-refractivity contribution in [2.24, 2.45) is 5.41 Å². The van der Waals surface area contributed by atoms with Crippen LogP contribution in [0.25, 0.3) is 0 Å². The first-order valence-electron chi connectivity index (χ1n) is 4.88. The van der Waals surface area contributed by atoms with E-state index in [4.69, 9.17) is 0 Å². The van der Waals surface area contributed by atoms with Gasteiger partial charge in [-0.1, -0.05) is 34.1 Å². The molecule has 2 N–H and O–H groups in total. The van der Waals surface area contributed by atoms with Gasteiger partial charge in [-0.05, 0) is 6.42 Å². The predicted molar refractivity (Wildman–Crippen MR) is 53.2 cm³/mol. The summed E-state index contributed by atoms with van der Waals surface area (Å²) in [6.07, 6.45) is 2.22. The van der Waals surface area contributed by atoms with Gasteiger partial charge >= 0.3 is 0 Å². The minimum atomic E-state index is 0.0685. The van der Waals surface area contributed by atoms with E-state index in [1.807, 2.05) is 0 Å². The van der Waals surface area contributed by atoms with Gasteiger partial charge in [-0.3, -0.25) is 0 Å². The number of aliphatic hydroxyl groups is 1. The highest BCUT2D eigenvalue weighted by molar-refractivity contribution is 4.76. The first-order chi connectivity index (χ1) is 5.54. The summed E-state index contributed by atoms with van der Waals surface area (Å²) < 4.78 is 0. The zero-order chi connectivity index (χ0) is 9.61. The molecule has 0 bridgehead atoms. The van der Waals surface area contributed by atoms with Crippen LogP contribution >= 0.6 is 0 Å². The van der Waals surface area contributed by atoms with Crippen molar-refractivity contribution in [3.8, 4) is 0 Å². The molecule has 2 heteroatoms. The largest absolute Gasteiger partial charge is 0.396 e. The summed E-state index contributed by atoms with van der Waals surface area (Å²) in [6.45, 7) is 9.73. The molecule has 0 aliphatic carbocycles. The third kappa shape index (κ3) is 4.73. The van der Waals surface area contributed by atoms with Crippen molar-refractivity contribution in [3.05, 3.63) is 0 Å². The molecule has 1 atom stereocenters. The first-order valence-corrected chi connectivity index (χ1v) is 4.88. The third-order valence-corrected chi connectivity index (χ3v) is 2.17. The summed E-state index contributed by atoms with van der Waals surface area (Å²) in [5, 5.41) is 12.6. The fourth-order valence-corrected chi connectivity index (χ4v) is 1.28. The molecule has 0 saturated heterocycles. The molecule has 0 rings (SSSR count). The molecule has 1 unspecified atom stereocenters. The van der Waals surface area contributed by atoms with E-state index in [1.165, 1.54) is 0 Å². The molecule has 2 nitrogen and oxygen atoms in total. The summed E-state index contributed by atoms with van der Waals surface area (Å²) in [7, 11) is 0. The fraction of sp³-hybridized carbons (Fsp3) is 1.00. The Balaban J connectivity index is 3.78. The van der Waals surface area contributed by atoms with Gasteiger partial charge in [0.05, 0.1) is 0 Å². The number of hydrogen-bond acceptors (Lipinski definition) is 2.